The quantitative estimate of drug-likeness (QED) is 0.180. The van der Waals surface area contributed by atoms with Crippen LogP contribution in [0.1, 0.15) is 18.1 Å². The van der Waals surface area contributed by atoms with Crippen LogP contribution in [0.3, 0.4) is 0 Å². The molecule has 10 heteroatoms. The number of rotatable bonds is 10. The molecule has 0 saturated heterocycles. The maximum Gasteiger partial charge on any atom is 0.342 e. The van der Waals surface area contributed by atoms with Crippen molar-refractivity contribution in [3.8, 4) is 22.9 Å². The molecule has 0 aliphatic rings. The molecule has 0 atom stereocenters. The second-order valence-electron chi connectivity index (χ2n) is 7.80. The van der Waals surface area contributed by atoms with Gasteiger partial charge in [-0.2, -0.15) is 0 Å². The van der Waals surface area contributed by atoms with Gasteiger partial charge in [0.15, 0.2) is 22.5 Å². The van der Waals surface area contributed by atoms with E-state index in [2.05, 4.69) is 10.2 Å². The Kier molecular flexibility index (Phi) is 8.47. The molecule has 0 radical (unpaired) electrons. The van der Waals surface area contributed by atoms with Gasteiger partial charge in [-0.05, 0) is 84.4 Å². The van der Waals surface area contributed by atoms with Crippen molar-refractivity contribution in [1.29, 1.82) is 0 Å². The fraction of sp³-hybridized carbons (Fsp3) is 0.148. The second-order valence-corrected chi connectivity index (χ2v) is 9.24. The average Bonchev–Trinajstić information content (AvgIpc) is 3.31. The topological polar surface area (TPSA) is 86.5 Å². The minimum atomic E-state index is -1.10. The molecule has 7 nitrogen and oxygen atoms in total. The Morgan fingerprint density at radius 2 is 1.81 bits per heavy atom. The molecule has 1 heterocycles. The van der Waals surface area contributed by atoms with E-state index >= 15 is 0 Å². The van der Waals surface area contributed by atoms with Gasteiger partial charge < -0.3 is 19.1 Å². The smallest absolute Gasteiger partial charge is 0.342 e. The number of hydrogen-bond donors (Lipinski definition) is 1. The van der Waals surface area contributed by atoms with Crippen LogP contribution in [-0.4, -0.2) is 33.0 Å². The van der Waals surface area contributed by atoms with Crippen LogP contribution in [0, 0.1) is 5.82 Å². The molecule has 0 aliphatic heterocycles. The molecule has 4 rings (SSSR count). The van der Waals surface area contributed by atoms with E-state index in [0.29, 0.717) is 39.6 Å². The average molecular weight is 540 g/mol. The van der Waals surface area contributed by atoms with Crippen LogP contribution in [-0.2, 0) is 17.9 Å². The number of aliphatic carboxylic acids is 1. The molecule has 0 fully saturated rings. The molecule has 0 saturated carbocycles. The number of aromatic nitrogens is 3. The van der Waals surface area contributed by atoms with Gasteiger partial charge in [0.2, 0.25) is 0 Å². The molecule has 1 aromatic heterocycles. The van der Waals surface area contributed by atoms with Gasteiger partial charge in [-0.1, -0.05) is 29.8 Å². The molecule has 3 aromatic carbocycles. The van der Waals surface area contributed by atoms with Crippen LogP contribution in [0.25, 0.3) is 17.5 Å². The van der Waals surface area contributed by atoms with Crippen molar-refractivity contribution in [2.24, 2.45) is 0 Å². The predicted octanol–water partition coefficient (Wildman–Crippen LogP) is 6.56. The third-order valence-electron chi connectivity index (χ3n) is 5.34. The number of ether oxygens (including phenoxy) is 2. The molecule has 0 amide bonds. The first-order chi connectivity index (χ1) is 17.9. The van der Waals surface area contributed by atoms with Crippen molar-refractivity contribution < 1.29 is 23.8 Å². The second kappa shape index (κ2) is 11.9. The first-order valence-corrected chi connectivity index (χ1v) is 12.4. The number of benzene rings is 3. The van der Waals surface area contributed by atoms with Gasteiger partial charge in [0.1, 0.15) is 17.3 Å². The Bertz CT molecular complexity index is 1420. The van der Waals surface area contributed by atoms with Crippen molar-refractivity contribution in [3.63, 3.8) is 0 Å². The van der Waals surface area contributed by atoms with E-state index < -0.39 is 5.97 Å². The molecule has 0 spiro atoms. The standard InChI is InChI=1S/C27H23ClFN3O4S/c1-3-32-25(19-7-9-20(28)10-8-19)30-31-27(32)37-24(26(33)34)15-18-6-13-22(23(14-18)35-2)36-16-17-4-11-21(29)12-5-17/h4-15H,3,16H2,1-2H3,(H,33,34)/b24-15-. The summed E-state index contributed by atoms with van der Waals surface area (Å²) in [6.45, 7) is 2.71. The minimum Gasteiger partial charge on any atom is -0.493 e. The van der Waals surface area contributed by atoms with Gasteiger partial charge in [0.05, 0.1) is 7.11 Å². The van der Waals surface area contributed by atoms with E-state index in [0.717, 1.165) is 22.9 Å². The molecule has 190 valence electrons. The summed E-state index contributed by atoms with van der Waals surface area (Å²) >= 11 is 7.00. The summed E-state index contributed by atoms with van der Waals surface area (Å²) in [6, 6.07) is 18.3. The van der Waals surface area contributed by atoms with Crippen molar-refractivity contribution in [3.05, 3.63) is 93.6 Å². The minimum absolute atomic E-state index is 0.0618. The van der Waals surface area contributed by atoms with E-state index in [1.807, 2.05) is 23.6 Å². The highest BCUT2D eigenvalue weighted by Gasteiger charge is 2.18. The number of thioether (sulfide) groups is 1. The van der Waals surface area contributed by atoms with Crippen LogP contribution in [0.2, 0.25) is 5.02 Å². The van der Waals surface area contributed by atoms with Crippen LogP contribution < -0.4 is 9.47 Å². The summed E-state index contributed by atoms with van der Waals surface area (Å²) in [6.07, 6.45) is 1.54. The van der Waals surface area contributed by atoms with E-state index in [9.17, 15) is 14.3 Å². The van der Waals surface area contributed by atoms with Crippen molar-refractivity contribution in [2.45, 2.75) is 25.2 Å². The van der Waals surface area contributed by atoms with Crippen LogP contribution in [0.4, 0.5) is 4.39 Å². The fourth-order valence-corrected chi connectivity index (χ4v) is 4.49. The first-order valence-electron chi connectivity index (χ1n) is 11.2. The lowest BCUT2D eigenvalue weighted by molar-refractivity contribution is -0.131. The highest BCUT2D eigenvalue weighted by molar-refractivity contribution is 8.04. The molecular weight excluding hydrogens is 517 g/mol. The van der Waals surface area contributed by atoms with Crippen LogP contribution in [0.5, 0.6) is 11.5 Å². The maximum atomic E-state index is 13.1. The molecule has 0 aliphatic carbocycles. The monoisotopic (exact) mass is 539 g/mol. The number of halogens is 2. The third kappa shape index (κ3) is 6.49. The summed E-state index contributed by atoms with van der Waals surface area (Å²) < 4.78 is 26.2. The van der Waals surface area contributed by atoms with E-state index in [1.165, 1.54) is 25.3 Å². The molecule has 1 N–H and O–H groups in total. The summed E-state index contributed by atoms with van der Waals surface area (Å²) in [7, 11) is 1.50. The zero-order valence-electron chi connectivity index (χ0n) is 20.0. The lowest BCUT2D eigenvalue weighted by atomic mass is 10.2. The third-order valence-corrected chi connectivity index (χ3v) is 6.59. The van der Waals surface area contributed by atoms with Gasteiger partial charge in [-0.15, -0.1) is 10.2 Å². The summed E-state index contributed by atoms with van der Waals surface area (Å²) in [5, 5.41) is 19.4. The van der Waals surface area contributed by atoms with Crippen molar-refractivity contribution in [2.75, 3.05) is 7.11 Å². The summed E-state index contributed by atoms with van der Waals surface area (Å²) in [4.78, 5) is 12.1. The van der Waals surface area contributed by atoms with E-state index in [-0.39, 0.29) is 17.3 Å². The molecule has 4 aromatic rings. The van der Waals surface area contributed by atoms with Crippen molar-refractivity contribution >= 4 is 35.4 Å². The van der Waals surface area contributed by atoms with E-state index in [1.54, 1.807) is 42.5 Å². The lowest BCUT2D eigenvalue weighted by Gasteiger charge is -2.12. The zero-order chi connectivity index (χ0) is 26.4. The van der Waals surface area contributed by atoms with Crippen LogP contribution >= 0.6 is 23.4 Å². The first kappa shape index (κ1) is 26.2. The Morgan fingerprint density at radius 3 is 2.46 bits per heavy atom. The van der Waals surface area contributed by atoms with E-state index in [4.69, 9.17) is 21.1 Å². The van der Waals surface area contributed by atoms with Gasteiger partial charge in [0.25, 0.3) is 0 Å². The molecule has 37 heavy (non-hydrogen) atoms. The number of hydrogen-bond acceptors (Lipinski definition) is 6. The number of carboxylic acid groups (broad SMARTS) is 1. The fourth-order valence-electron chi connectivity index (χ4n) is 3.48. The molecule has 0 unspecified atom stereocenters. The lowest BCUT2D eigenvalue weighted by Crippen LogP contribution is -2.03. The molecule has 0 bridgehead atoms. The zero-order valence-corrected chi connectivity index (χ0v) is 21.6. The highest BCUT2D eigenvalue weighted by atomic mass is 35.5. The number of nitrogens with zero attached hydrogens (tertiary/aromatic N) is 3. The normalized spacial score (nSPS) is 11.4. The Balaban J connectivity index is 1.56. The Morgan fingerprint density at radius 1 is 1.08 bits per heavy atom. The Hall–Kier alpha value is -3.82. The molecular formula is C27H23ClFN3O4S. The summed E-state index contributed by atoms with van der Waals surface area (Å²) in [5.74, 6) is 0.122. The predicted molar refractivity (Wildman–Crippen MR) is 141 cm³/mol. The van der Waals surface area contributed by atoms with Crippen molar-refractivity contribution in [1.82, 2.24) is 14.8 Å². The SMILES string of the molecule is CCn1c(S/C(=C\c2ccc(OCc3ccc(F)cc3)c(OC)c2)C(=O)O)nnc1-c1ccc(Cl)cc1. The van der Waals surface area contributed by atoms with Gasteiger partial charge >= 0.3 is 5.97 Å². The number of methoxy groups -OCH3 is 1. The van der Waals surface area contributed by atoms with Crippen LogP contribution in [0.15, 0.2) is 76.8 Å². The maximum absolute atomic E-state index is 13.1. The van der Waals surface area contributed by atoms with Gasteiger partial charge in [0, 0.05) is 17.1 Å². The summed E-state index contributed by atoms with van der Waals surface area (Å²) in [5.41, 5.74) is 2.23. The highest BCUT2D eigenvalue weighted by Crippen LogP contribution is 2.33. The Labute approximate surface area is 222 Å². The number of carboxylic acids is 1. The number of carbonyl (C=O) groups is 1. The largest absolute Gasteiger partial charge is 0.493 e. The van der Waals surface area contributed by atoms with Gasteiger partial charge in [-0.25, -0.2) is 9.18 Å². The van der Waals surface area contributed by atoms with Gasteiger partial charge in [-0.3, -0.25) is 0 Å².